The van der Waals surface area contributed by atoms with Crippen LogP contribution >= 0.6 is 0 Å². The predicted molar refractivity (Wildman–Crippen MR) is 55.2 cm³/mol. The van der Waals surface area contributed by atoms with Gasteiger partial charge in [0, 0.05) is 0 Å². The van der Waals surface area contributed by atoms with Crippen molar-refractivity contribution in [2.45, 2.75) is 31.4 Å². The van der Waals surface area contributed by atoms with Gasteiger partial charge in [-0.3, -0.25) is 4.55 Å². The molecule has 2 N–H and O–H groups in total. The molecule has 0 spiro atoms. The van der Waals surface area contributed by atoms with Crippen molar-refractivity contribution in [1.29, 1.82) is 0 Å². The average Bonchev–Trinajstić information content (AvgIpc) is 1.99. The predicted octanol–water partition coefficient (Wildman–Crippen LogP) is 1.10. The minimum atomic E-state index is -3.84. The fourth-order valence-electron chi connectivity index (χ4n) is 0.764. The van der Waals surface area contributed by atoms with Crippen LogP contribution in [0, 0.1) is 6.92 Å². The number of hydrogen-bond donors (Lipinski definition) is 2. The van der Waals surface area contributed by atoms with Crippen molar-refractivity contribution < 1.29 is 13.0 Å². The molecule has 13 heavy (non-hydrogen) atoms. The average molecular weight is 210 g/mol. The Morgan fingerprint density at radius 1 is 1.46 bits per heavy atom. The molecule has 0 fully saturated rings. The summed E-state index contributed by atoms with van der Waals surface area (Å²) in [5, 5.41) is 2.08. The first kappa shape index (κ1) is 15.3. The van der Waals surface area contributed by atoms with Crippen LogP contribution in [0.5, 0.6) is 0 Å². The van der Waals surface area contributed by atoms with Gasteiger partial charge in [0.25, 0.3) is 10.1 Å². The van der Waals surface area contributed by atoms with Crippen LogP contribution in [-0.2, 0) is 10.1 Å². The molecule has 0 amide bonds. The summed E-state index contributed by atoms with van der Waals surface area (Å²) in [7, 11) is -0.0896. The Kier molecular flexibility index (Phi) is 10.00. The summed E-state index contributed by atoms with van der Waals surface area (Å²) in [6.45, 7) is 5.30. The third-order valence-electron chi connectivity index (χ3n) is 1.35. The highest BCUT2D eigenvalue weighted by atomic mass is 32.2. The smallest absolute Gasteiger partial charge is 0.267 e. The first-order chi connectivity index (χ1) is 5.93. The molecule has 81 valence electrons. The molecular formula is C8H20NO3S. The van der Waals surface area contributed by atoms with E-state index in [-0.39, 0.29) is 6.42 Å². The van der Waals surface area contributed by atoms with E-state index < -0.39 is 15.4 Å². The van der Waals surface area contributed by atoms with Crippen LogP contribution in [0.4, 0.5) is 0 Å². The normalized spacial score (nSPS) is 13.0. The molecule has 1 atom stereocenters. The lowest BCUT2D eigenvalue weighted by Crippen LogP contribution is -2.18. The van der Waals surface area contributed by atoms with Crippen LogP contribution in [-0.4, -0.2) is 32.3 Å². The second-order valence-corrected chi connectivity index (χ2v) is 4.41. The third kappa shape index (κ3) is 9.79. The number of hydrogen-bond acceptors (Lipinski definition) is 3. The highest BCUT2D eigenvalue weighted by Gasteiger charge is 2.18. The van der Waals surface area contributed by atoms with Crippen molar-refractivity contribution >= 4 is 10.1 Å². The maximum absolute atomic E-state index is 10.5. The van der Waals surface area contributed by atoms with Gasteiger partial charge in [0.15, 0.2) is 0 Å². The summed E-state index contributed by atoms with van der Waals surface area (Å²) in [6, 6.07) is 0. The van der Waals surface area contributed by atoms with Crippen LogP contribution in [0.3, 0.4) is 0 Å². The van der Waals surface area contributed by atoms with E-state index >= 15 is 0 Å². The van der Waals surface area contributed by atoms with E-state index in [4.69, 9.17) is 4.55 Å². The van der Waals surface area contributed by atoms with Gasteiger partial charge < -0.3 is 5.32 Å². The zero-order chi connectivity index (χ0) is 10.9. The molecule has 0 aliphatic carbocycles. The van der Waals surface area contributed by atoms with Gasteiger partial charge in [-0.15, -0.1) is 0 Å². The van der Waals surface area contributed by atoms with E-state index in [0.29, 0.717) is 6.42 Å². The first-order valence-corrected chi connectivity index (χ1v) is 5.78. The summed E-state index contributed by atoms with van der Waals surface area (Å²) in [5.41, 5.74) is 0. The summed E-state index contributed by atoms with van der Waals surface area (Å²) in [4.78, 5) is 0. The summed E-state index contributed by atoms with van der Waals surface area (Å²) >= 11 is 0. The molecule has 0 bridgehead atoms. The van der Waals surface area contributed by atoms with Gasteiger partial charge in [-0.25, -0.2) is 0 Å². The molecule has 0 aliphatic heterocycles. The quantitative estimate of drug-likeness (QED) is 0.682. The molecule has 0 aromatic rings. The van der Waals surface area contributed by atoms with E-state index in [9.17, 15) is 8.42 Å². The molecule has 0 aliphatic rings. The molecule has 0 aromatic heterocycles. The second-order valence-electron chi connectivity index (χ2n) is 2.71. The SMILES string of the molecule is CNC.[CH2]CC(CCC)S(=O)(=O)O. The molecule has 0 heterocycles. The van der Waals surface area contributed by atoms with Gasteiger partial charge in [0.05, 0.1) is 5.25 Å². The zero-order valence-corrected chi connectivity index (χ0v) is 9.39. The molecule has 5 heteroatoms. The monoisotopic (exact) mass is 210 g/mol. The van der Waals surface area contributed by atoms with Gasteiger partial charge in [-0.05, 0) is 26.9 Å². The third-order valence-corrected chi connectivity index (χ3v) is 2.67. The maximum atomic E-state index is 10.5. The van der Waals surface area contributed by atoms with Gasteiger partial charge in [-0.2, -0.15) is 8.42 Å². The van der Waals surface area contributed by atoms with Crippen molar-refractivity contribution in [2.24, 2.45) is 0 Å². The van der Waals surface area contributed by atoms with Crippen molar-refractivity contribution in [2.75, 3.05) is 14.1 Å². The second kappa shape index (κ2) is 8.47. The Bertz CT molecular complexity index is 190. The Morgan fingerprint density at radius 3 is 1.92 bits per heavy atom. The largest absolute Gasteiger partial charge is 0.323 e. The molecule has 0 rings (SSSR count). The van der Waals surface area contributed by atoms with Gasteiger partial charge in [0.2, 0.25) is 0 Å². The summed E-state index contributed by atoms with van der Waals surface area (Å²) < 4.78 is 29.5. The van der Waals surface area contributed by atoms with E-state index in [1.807, 2.05) is 21.0 Å². The topological polar surface area (TPSA) is 66.4 Å². The van der Waals surface area contributed by atoms with E-state index in [1.54, 1.807) is 0 Å². The maximum Gasteiger partial charge on any atom is 0.267 e. The van der Waals surface area contributed by atoms with Crippen LogP contribution in [0.1, 0.15) is 26.2 Å². The van der Waals surface area contributed by atoms with Crippen LogP contribution < -0.4 is 5.32 Å². The molecule has 1 unspecified atom stereocenters. The molecule has 1 radical (unpaired) electrons. The Labute approximate surface area is 81.5 Å². The molecule has 0 saturated heterocycles. The summed E-state index contributed by atoms with van der Waals surface area (Å²) in [5.74, 6) is 0. The lowest BCUT2D eigenvalue weighted by molar-refractivity contribution is 0.460. The van der Waals surface area contributed by atoms with E-state index in [0.717, 1.165) is 6.42 Å². The van der Waals surface area contributed by atoms with Gasteiger partial charge in [0.1, 0.15) is 0 Å². The zero-order valence-electron chi connectivity index (χ0n) is 8.58. The number of nitrogens with one attached hydrogen (secondary N) is 1. The Hall–Kier alpha value is -0.130. The van der Waals surface area contributed by atoms with Crippen LogP contribution in [0.2, 0.25) is 0 Å². The van der Waals surface area contributed by atoms with Crippen molar-refractivity contribution in [3.05, 3.63) is 6.92 Å². The van der Waals surface area contributed by atoms with Crippen LogP contribution in [0.15, 0.2) is 0 Å². The Morgan fingerprint density at radius 2 is 1.85 bits per heavy atom. The Balaban J connectivity index is 0. The fraction of sp³-hybridized carbons (Fsp3) is 0.875. The summed E-state index contributed by atoms with van der Waals surface area (Å²) in [6.07, 6.45) is 1.48. The first-order valence-electron chi connectivity index (χ1n) is 4.28. The van der Waals surface area contributed by atoms with E-state index in [1.165, 1.54) is 0 Å². The lowest BCUT2D eigenvalue weighted by Gasteiger charge is -2.08. The van der Waals surface area contributed by atoms with Gasteiger partial charge in [-0.1, -0.05) is 20.3 Å². The highest BCUT2D eigenvalue weighted by Crippen LogP contribution is 2.09. The van der Waals surface area contributed by atoms with Crippen molar-refractivity contribution in [3.63, 3.8) is 0 Å². The van der Waals surface area contributed by atoms with Gasteiger partial charge >= 0.3 is 0 Å². The molecule has 4 nitrogen and oxygen atoms in total. The molecular weight excluding hydrogens is 190 g/mol. The number of rotatable bonds is 4. The lowest BCUT2D eigenvalue weighted by atomic mass is 10.2. The minimum absolute atomic E-state index is 0.243. The van der Waals surface area contributed by atoms with Crippen molar-refractivity contribution in [1.82, 2.24) is 5.32 Å². The van der Waals surface area contributed by atoms with Crippen LogP contribution in [0.25, 0.3) is 0 Å². The van der Waals surface area contributed by atoms with E-state index in [2.05, 4.69) is 12.2 Å². The standard InChI is InChI=1S/C6H13O3S.C2H7N/c1-3-5-6(4-2)10(7,8)9;1-3-2/h6H,2-5H2,1H3,(H,7,8,9);3H,1-2H3. The molecule has 0 aromatic carbocycles. The molecule has 0 saturated carbocycles. The highest BCUT2D eigenvalue weighted by molar-refractivity contribution is 7.86. The minimum Gasteiger partial charge on any atom is -0.323 e. The fourth-order valence-corrected chi connectivity index (χ4v) is 1.60. The van der Waals surface area contributed by atoms with Crippen molar-refractivity contribution in [3.8, 4) is 0 Å².